The molecular weight excluding hydrogens is 344 g/mol. The monoisotopic (exact) mass is 352 g/mol. The Bertz CT molecular complexity index is 904. The van der Waals surface area contributed by atoms with Gasteiger partial charge < -0.3 is 0 Å². The molecule has 4 aromatic heterocycles. The Kier molecular flexibility index (Phi) is 3.85. The summed E-state index contributed by atoms with van der Waals surface area (Å²) in [6.45, 7) is 0. The lowest BCUT2D eigenvalue weighted by atomic mass is 10.2. The van der Waals surface area contributed by atoms with E-state index >= 15 is 0 Å². The molecule has 0 unspecified atom stereocenters. The fraction of sp³-hybridized carbons (Fsp3) is 0. The van der Waals surface area contributed by atoms with Crippen molar-refractivity contribution in [1.82, 2.24) is 29.9 Å². The molecule has 4 aromatic rings. The number of thiazole rings is 2. The van der Waals surface area contributed by atoms with E-state index in [2.05, 4.69) is 29.9 Å². The van der Waals surface area contributed by atoms with E-state index in [1.165, 1.54) is 35.3 Å². The zero-order valence-corrected chi connectivity index (χ0v) is 13.7. The van der Waals surface area contributed by atoms with Gasteiger partial charge in [-0.25, -0.2) is 29.9 Å². The first-order chi connectivity index (χ1) is 11.8. The zero-order chi connectivity index (χ0) is 16.4. The molecule has 0 aromatic carbocycles. The Morgan fingerprint density at radius 2 is 1.29 bits per heavy atom. The van der Waals surface area contributed by atoms with Crippen LogP contribution in [0.15, 0.2) is 47.9 Å². The molecule has 0 aliphatic rings. The molecule has 0 amide bonds. The number of ketones is 1. The lowest BCUT2D eigenvalue weighted by Crippen LogP contribution is -2.02. The number of carbonyl (C=O) groups excluding carboxylic acids is 1. The standard InChI is InChI=1S/C15H8N6OS2/c22-13(11-5-23-14(20-11)9-1-3-16-7-18-9)12-6-24-15(21-12)10-2-4-17-8-19-10/h1-8H. The van der Waals surface area contributed by atoms with Crippen LogP contribution in [-0.4, -0.2) is 35.7 Å². The van der Waals surface area contributed by atoms with Gasteiger partial charge in [-0.2, -0.15) is 0 Å². The Morgan fingerprint density at radius 3 is 1.71 bits per heavy atom. The third kappa shape index (κ3) is 2.82. The van der Waals surface area contributed by atoms with Crippen molar-refractivity contribution in [2.75, 3.05) is 0 Å². The number of hydrogen-bond donors (Lipinski definition) is 0. The van der Waals surface area contributed by atoms with Gasteiger partial charge >= 0.3 is 0 Å². The van der Waals surface area contributed by atoms with Gasteiger partial charge in [-0.3, -0.25) is 4.79 Å². The smallest absolute Gasteiger partial charge is 0.231 e. The molecule has 7 nitrogen and oxygen atoms in total. The highest BCUT2D eigenvalue weighted by Crippen LogP contribution is 2.25. The summed E-state index contributed by atoms with van der Waals surface area (Å²) in [6, 6.07) is 3.51. The lowest BCUT2D eigenvalue weighted by molar-refractivity contribution is 0.103. The van der Waals surface area contributed by atoms with Crippen LogP contribution < -0.4 is 0 Å². The van der Waals surface area contributed by atoms with Gasteiger partial charge in [0.1, 0.15) is 45.4 Å². The first kappa shape index (κ1) is 14.7. The van der Waals surface area contributed by atoms with Crippen molar-refractivity contribution in [3.8, 4) is 21.4 Å². The van der Waals surface area contributed by atoms with E-state index in [4.69, 9.17) is 0 Å². The largest absolute Gasteiger partial charge is 0.285 e. The summed E-state index contributed by atoms with van der Waals surface area (Å²) in [5.74, 6) is -0.219. The lowest BCUT2D eigenvalue weighted by Gasteiger charge is -1.94. The summed E-state index contributed by atoms with van der Waals surface area (Å²) in [6.07, 6.45) is 6.18. The normalized spacial score (nSPS) is 10.7. The number of hydrogen-bond acceptors (Lipinski definition) is 9. The Balaban J connectivity index is 1.61. The number of rotatable bonds is 4. The third-order valence-electron chi connectivity index (χ3n) is 3.08. The maximum atomic E-state index is 12.6. The first-order valence-electron chi connectivity index (χ1n) is 6.80. The van der Waals surface area contributed by atoms with Crippen LogP contribution >= 0.6 is 22.7 Å². The second-order valence-corrected chi connectivity index (χ2v) is 6.31. The van der Waals surface area contributed by atoms with Crippen LogP contribution in [0, 0.1) is 0 Å². The van der Waals surface area contributed by atoms with Gasteiger partial charge in [0.25, 0.3) is 0 Å². The van der Waals surface area contributed by atoms with E-state index in [0.29, 0.717) is 32.8 Å². The second kappa shape index (κ2) is 6.30. The summed E-state index contributed by atoms with van der Waals surface area (Å²) in [7, 11) is 0. The first-order valence-corrected chi connectivity index (χ1v) is 8.56. The van der Waals surface area contributed by atoms with E-state index in [-0.39, 0.29) is 5.78 Å². The second-order valence-electron chi connectivity index (χ2n) is 4.59. The molecule has 0 saturated heterocycles. The fourth-order valence-corrected chi connectivity index (χ4v) is 3.51. The van der Waals surface area contributed by atoms with Crippen molar-refractivity contribution in [2.24, 2.45) is 0 Å². The average molecular weight is 352 g/mol. The molecule has 116 valence electrons. The zero-order valence-electron chi connectivity index (χ0n) is 12.0. The van der Waals surface area contributed by atoms with Crippen LogP contribution in [0.4, 0.5) is 0 Å². The fourth-order valence-electron chi connectivity index (χ4n) is 1.96. The van der Waals surface area contributed by atoms with Crippen LogP contribution in [0.3, 0.4) is 0 Å². The van der Waals surface area contributed by atoms with Gasteiger partial charge in [0.2, 0.25) is 5.78 Å². The van der Waals surface area contributed by atoms with Gasteiger partial charge in [0.15, 0.2) is 0 Å². The van der Waals surface area contributed by atoms with Crippen molar-refractivity contribution < 1.29 is 4.79 Å². The topological polar surface area (TPSA) is 94.4 Å². The average Bonchev–Trinajstić information content (AvgIpc) is 3.33. The maximum Gasteiger partial charge on any atom is 0.231 e. The molecule has 24 heavy (non-hydrogen) atoms. The van der Waals surface area contributed by atoms with Gasteiger partial charge in [-0.05, 0) is 12.1 Å². The maximum absolute atomic E-state index is 12.6. The minimum atomic E-state index is -0.219. The molecule has 4 rings (SSSR count). The predicted octanol–water partition coefficient (Wildman–Crippen LogP) is 2.74. The van der Waals surface area contributed by atoms with E-state index in [1.807, 2.05) is 0 Å². The molecule has 0 N–H and O–H groups in total. The number of nitrogens with zero attached hydrogens (tertiary/aromatic N) is 6. The van der Waals surface area contributed by atoms with Crippen molar-refractivity contribution in [2.45, 2.75) is 0 Å². The molecule has 0 bridgehead atoms. The molecule has 0 atom stereocenters. The Morgan fingerprint density at radius 1 is 0.792 bits per heavy atom. The molecule has 0 aliphatic heterocycles. The van der Waals surface area contributed by atoms with Crippen LogP contribution in [0.5, 0.6) is 0 Å². The van der Waals surface area contributed by atoms with Gasteiger partial charge in [0, 0.05) is 23.2 Å². The van der Waals surface area contributed by atoms with Crippen LogP contribution in [0.1, 0.15) is 16.2 Å². The minimum Gasteiger partial charge on any atom is -0.285 e. The summed E-state index contributed by atoms with van der Waals surface area (Å²) in [5.41, 5.74) is 2.09. The summed E-state index contributed by atoms with van der Waals surface area (Å²) in [5, 5.41) is 4.77. The summed E-state index contributed by atoms with van der Waals surface area (Å²) >= 11 is 2.72. The molecule has 4 heterocycles. The minimum absolute atomic E-state index is 0.219. The van der Waals surface area contributed by atoms with Crippen LogP contribution in [-0.2, 0) is 0 Å². The van der Waals surface area contributed by atoms with Crippen molar-refractivity contribution in [3.05, 3.63) is 59.3 Å². The third-order valence-corrected chi connectivity index (χ3v) is 4.81. The highest BCUT2D eigenvalue weighted by Gasteiger charge is 2.18. The molecule has 0 aliphatic carbocycles. The van der Waals surface area contributed by atoms with Crippen molar-refractivity contribution >= 4 is 28.5 Å². The molecular formula is C15H8N6OS2. The van der Waals surface area contributed by atoms with E-state index in [0.717, 1.165) is 0 Å². The molecule has 0 saturated carbocycles. The van der Waals surface area contributed by atoms with Crippen LogP contribution in [0.25, 0.3) is 21.4 Å². The van der Waals surface area contributed by atoms with Crippen molar-refractivity contribution in [3.63, 3.8) is 0 Å². The highest BCUT2D eigenvalue weighted by molar-refractivity contribution is 7.13. The van der Waals surface area contributed by atoms with Gasteiger partial charge in [-0.1, -0.05) is 0 Å². The summed E-state index contributed by atoms with van der Waals surface area (Å²) < 4.78 is 0. The van der Waals surface area contributed by atoms with Crippen LogP contribution in [0.2, 0.25) is 0 Å². The Hall–Kier alpha value is -2.91. The highest BCUT2D eigenvalue weighted by atomic mass is 32.1. The van der Waals surface area contributed by atoms with E-state index < -0.39 is 0 Å². The number of carbonyl (C=O) groups is 1. The molecule has 0 spiro atoms. The van der Waals surface area contributed by atoms with E-state index in [1.54, 1.807) is 35.3 Å². The molecule has 0 fully saturated rings. The predicted molar refractivity (Wildman–Crippen MR) is 89.7 cm³/mol. The van der Waals surface area contributed by atoms with Crippen molar-refractivity contribution in [1.29, 1.82) is 0 Å². The van der Waals surface area contributed by atoms with Gasteiger partial charge in [-0.15, -0.1) is 22.7 Å². The Labute approximate surface area is 144 Å². The molecule has 0 radical (unpaired) electrons. The SMILES string of the molecule is O=C(c1csc(-c2ccncn2)n1)c1csc(-c2ccncn2)n1. The quantitative estimate of drug-likeness (QED) is 0.521. The van der Waals surface area contributed by atoms with E-state index in [9.17, 15) is 4.79 Å². The van der Waals surface area contributed by atoms with Gasteiger partial charge in [0.05, 0.1) is 0 Å². The molecule has 9 heteroatoms. The summed E-state index contributed by atoms with van der Waals surface area (Å²) in [4.78, 5) is 37.3. The number of aromatic nitrogens is 6.